The fourth-order valence-electron chi connectivity index (χ4n) is 1.50. The fourth-order valence-corrected chi connectivity index (χ4v) is 2.45. The molecule has 2 rings (SSSR count). The minimum absolute atomic E-state index is 0.0416. The van der Waals surface area contributed by atoms with Crippen molar-refractivity contribution in [2.24, 2.45) is 0 Å². The Kier molecular flexibility index (Phi) is 3.31. The summed E-state index contributed by atoms with van der Waals surface area (Å²) in [6.45, 7) is 1.21. The maximum Gasteiger partial charge on any atom is 0.434 e. The molecule has 0 amide bonds. The molecule has 0 aliphatic heterocycles. The zero-order valence-electron chi connectivity index (χ0n) is 9.61. The molecule has 0 saturated carbocycles. The van der Waals surface area contributed by atoms with Crippen LogP contribution in [0.15, 0.2) is 21.9 Å². The van der Waals surface area contributed by atoms with Crippen molar-refractivity contribution in [3.63, 3.8) is 0 Å². The Morgan fingerprint density at radius 1 is 1.42 bits per heavy atom. The van der Waals surface area contributed by atoms with Crippen molar-refractivity contribution in [1.29, 1.82) is 0 Å². The van der Waals surface area contributed by atoms with Crippen LogP contribution < -0.4 is 11.2 Å². The number of halogens is 3. The maximum atomic E-state index is 12.6. The molecule has 0 fully saturated rings. The summed E-state index contributed by atoms with van der Waals surface area (Å²) in [7, 11) is 0. The first-order chi connectivity index (χ1) is 8.77. The van der Waals surface area contributed by atoms with Gasteiger partial charge in [0, 0.05) is 17.1 Å². The van der Waals surface area contributed by atoms with E-state index in [9.17, 15) is 22.8 Å². The van der Waals surface area contributed by atoms with Crippen LogP contribution in [0.5, 0.6) is 0 Å². The first-order valence-corrected chi connectivity index (χ1v) is 5.92. The number of aromatic amines is 1. The largest absolute Gasteiger partial charge is 0.434 e. The highest BCUT2D eigenvalue weighted by atomic mass is 32.1. The van der Waals surface area contributed by atoms with Crippen LogP contribution in [0, 0.1) is 6.92 Å². The lowest BCUT2D eigenvalue weighted by atomic mass is 10.4. The van der Waals surface area contributed by atoms with Crippen LogP contribution in [0.3, 0.4) is 0 Å². The van der Waals surface area contributed by atoms with Crippen molar-refractivity contribution in [1.82, 2.24) is 14.5 Å². The normalized spacial score (nSPS) is 11.8. The molecule has 0 spiro atoms. The number of aryl methyl sites for hydroxylation is 1. The Morgan fingerprint density at radius 3 is 2.63 bits per heavy atom. The minimum Gasteiger partial charge on any atom is -0.294 e. The topological polar surface area (TPSA) is 67.8 Å². The summed E-state index contributed by atoms with van der Waals surface area (Å²) in [6.07, 6.45) is -3.29. The van der Waals surface area contributed by atoms with Gasteiger partial charge in [0.2, 0.25) is 0 Å². The monoisotopic (exact) mass is 291 g/mol. The van der Waals surface area contributed by atoms with Gasteiger partial charge in [-0.25, -0.2) is 9.78 Å². The van der Waals surface area contributed by atoms with E-state index in [4.69, 9.17) is 0 Å². The van der Waals surface area contributed by atoms with E-state index in [1.165, 1.54) is 13.1 Å². The van der Waals surface area contributed by atoms with Crippen LogP contribution in [0.4, 0.5) is 13.2 Å². The number of nitrogens with one attached hydrogen (secondary N) is 1. The standard InChI is InChI=1S/C10H8F3N3O2S/c1-5-8(10(11,12)13)15-7(19-5)4-16-3-2-6(17)14-9(16)18/h2-3H,4H2,1H3,(H,14,17,18). The summed E-state index contributed by atoms with van der Waals surface area (Å²) >= 11 is 0.866. The second-order valence-corrected chi connectivity index (χ2v) is 5.04. The van der Waals surface area contributed by atoms with E-state index in [2.05, 4.69) is 4.98 Å². The van der Waals surface area contributed by atoms with Crippen molar-refractivity contribution in [3.05, 3.63) is 48.7 Å². The van der Waals surface area contributed by atoms with Crippen molar-refractivity contribution in [3.8, 4) is 0 Å². The number of nitrogens with zero attached hydrogens (tertiary/aromatic N) is 2. The molecule has 0 aromatic carbocycles. The van der Waals surface area contributed by atoms with E-state index in [1.54, 1.807) is 0 Å². The van der Waals surface area contributed by atoms with Crippen LogP contribution in [0.25, 0.3) is 0 Å². The fraction of sp³-hybridized carbons (Fsp3) is 0.300. The van der Waals surface area contributed by atoms with Gasteiger partial charge in [0.05, 0.1) is 6.54 Å². The van der Waals surface area contributed by atoms with E-state index < -0.39 is 23.1 Å². The molecule has 0 bridgehead atoms. The third-order valence-electron chi connectivity index (χ3n) is 2.31. The number of H-pyrrole nitrogens is 1. The average Bonchev–Trinajstić information content (AvgIpc) is 2.63. The highest BCUT2D eigenvalue weighted by molar-refractivity contribution is 7.11. The van der Waals surface area contributed by atoms with Crippen LogP contribution in [0.1, 0.15) is 15.6 Å². The molecule has 0 unspecified atom stereocenters. The summed E-state index contributed by atoms with van der Waals surface area (Å²) in [5.41, 5.74) is -2.19. The minimum atomic E-state index is -4.51. The van der Waals surface area contributed by atoms with Crippen LogP contribution in [-0.2, 0) is 12.7 Å². The van der Waals surface area contributed by atoms with Crippen molar-refractivity contribution < 1.29 is 13.2 Å². The Hall–Kier alpha value is -1.90. The van der Waals surface area contributed by atoms with Gasteiger partial charge >= 0.3 is 11.9 Å². The van der Waals surface area contributed by atoms with Gasteiger partial charge in [0.15, 0.2) is 5.69 Å². The lowest BCUT2D eigenvalue weighted by Gasteiger charge is -2.02. The molecule has 102 valence electrons. The zero-order valence-corrected chi connectivity index (χ0v) is 10.4. The molecular weight excluding hydrogens is 283 g/mol. The van der Waals surface area contributed by atoms with Crippen molar-refractivity contribution >= 4 is 11.3 Å². The summed E-state index contributed by atoms with van der Waals surface area (Å²) in [4.78, 5) is 27.8. The van der Waals surface area contributed by atoms with Gasteiger partial charge in [-0.1, -0.05) is 0 Å². The number of alkyl halides is 3. The number of thiazole rings is 1. The van der Waals surface area contributed by atoms with Gasteiger partial charge in [-0.15, -0.1) is 11.3 Å². The Labute approximate surface area is 108 Å². The molecule has 0 atom stereocenters. The number of hydrogen-bond donors (Lipinski definition) is 1. The van der Waals surface area contributed by atoms with Crippen molar-refractivity contribution in [2.45, 2.75) is 19.6 Å². The molecule has 9 heteroatoms. The van der Waals surface area contributed by atoms with E-state index in [-0.39, 0.29) is 16.4 Å². The molecule has 1 N–H and O–H groups in total. The predicted molar refractivity (Wildman–Crippen MR) is 62.3 cm³/mol. The molecule has 19 heavy (non-hydrogen) atoms. The van der Waals surface area contributed by atoms with Gasteiger partial charge in [-0.2, -0.15) is 13.2 Å². The molecule has 0 radical (unpaired) electrons. The zero-order chi connectivity index (χ0) is 14.2. The summed E-state index contributed by atoms with van der Waals surface area (Å²) in [6, 6.07) is 1.12. The summed E-state index contributed by atoms with van der Waals surface area (Å²) < 4.78 is 38.8. The summed E-state index contributed by atoms with van der Waals surface area (Å²) in [5.74, 6) is 0. The molecule has 0 saturated heterocycles. The Balaban J connectivity index is 2.35. The van der Waals surface area contributed by atoms with E-state index in [0.29, 0.717) is 0 Å². The van der Waals surface area contributed by atoms with Crippen LogP contribution >= 0.6 is 11.3 Å². The van der Waals surface area contributed by atoms with Gasteiger partial charge in [0.25, 0.3) is 5.56 Å². The lowest BCUT2D eigenvalue weighted by Crippen LogP contribution is -2.28. The molecule has 2 heterocycles. The highest BCUT2D eigenvalue weighted by Crippen LogP contribution is 2.33. The molecular formula is C10H8F3N3O2S. The van der Waals surface area contributed by atoms with Crippen molar-refractivity contribution in [2.75, 3.05) is 0 Å². The lowest BCUT2D eigenvalue weighted by molar-refractivity contribution is -0.141. The average molecular weight is 291 g/mol. The van der Waals surface area contributed by atoms with Gasteiger partial charge < -0.3 is 0 Å². The number of aromatic nitrogens is 3. The van der Waals surface area contributed by atoms with Gasteiger partial charge in [0.1, 0.15) is 5.01 Å². The number of rotatable bonds is 2. The molecule has 2 aromatic rings. The maximum absolute atomic E-state index is 12.6. The molecule has 5 nitrogen and oxygen atoms in total. The Morgan fingerprint density at radius 2 is 2.11 bits per heavy atom. The SMILES string of the molecule is Cc1sc(Cn2ccc(=O)[nH]c2=O)nc1C(F)(F)F. The summed E-state index contributed by atoms with van der Waals surface area (Å²) in [5, 5.41) is 0.152. The second kappa shape index (κ2) is 4.65. The first kappa shape index (κ1) is 13.5. The van der Waals surface area contributed by atoms with E-state index in [1.807, 2.05) is 4.98 Å². The smallest absolute Gasteiger partial charge is 0.294 e. The van der Waals surface area contributed by atoms with E-state index >= 15 is 0 Å². The third-order valence-corrected chi connectivity index (χ3v) is 3.27. The molecule has 0 aliphatic carbocycles. The highest BCUT2D eigenvalue weighted by Gasteiger charge is 2.36. The number of hydrogen-bond acceptors (Lipinski definition) is 4. The molecule has 2 aromatic heterocycles. The quantitative estimate of drug-likeness (QED) is 0.908. The predicted octanol–water partition coefficient (Wildman–Crippen LogP) is 1.37. The second-order valence-electron chi connectivity index (χ2n) is 3.75. The van der Waals surface area contributed by atoms with E-state index in [0.717, 1.165) is 22.0 Å². The first-order valence-electron chi connectivity index (χ1n) is 5.10. The van der Waals surface area contributed by atoms with Crippen LogP contribution in [0.2, 0.25) is 0 Å². The van der Waals surface area contributed by atoms with Gasteiger partial charge in [-0.3, -0.25) is 14.3 Å². The third kappa shape index (κ3) is 2.92. The molecule has 0 aliphatic rings. The van der Waals surface area contributed by atoms with Crippen LogP contribution in [-0.4, -0.2) is 14.5 Å². The Bertz CT molecular complexity index is 714. The van der Waals surface area contributed by atoms with Gasteiger partial charge in [-0.05, 0) is 6.92 Å².